The van der Waals surface area contributed by atoms with Crippen molar-refractivity contribution in [2.75, 3.05) is 5.32 Å². The summed E-state index contributed by atoms with van der Waals surface area (Å²) in [6.07, 6.45) is 0. The van der Waals surface area contributed by atoms with Crippen LogP contribution >= 0.6 is 11.3 Å². The molecule has 0 unspecified atom stereocenters. The third-order valence-corrected chi connectivity index (χ3v) is 5.24. The molecule has 0 fully saturated rings. The maximum absolute atomic E-state index is 14.0. The average molecular weight is 380 g/mol. The number of hydrogen-bond donors (Lipinski definition) is 1. The minimum Gasteiger partial charge on any atom is -0.306 e. The van der Waals surface area contributed by atoms with Crippen molar-refractivity contribution in [1.82, 2.24) is 14.8 Å². The van der Waals surface area contributed by atoms with Crippen molar-refractivity contribution in [2.45, 2.75) is 20.8 Å². The zero-order valence-electron chi connectivity index (χ0n) is 15.1. The summed E-state index contributed by atoms with van der Waals surface area (Å²) in [5.74, 6) is -0.0994. The molecule has 0 radical (unpaired) electrons. The minimum atomic E-state index is -0.375. The standard InChI is InChI=1S/C20H17FN4OS/c1-11-7-8-14(12(2)9-11)19(26)22-17-10-13(3)24-25(17)20-23-18-15(21)5-4-6-16(18)27-20/h4-10H,1-3H3,(H,22,26). The Balaban J connectivity index is 1.72. The van der Waals surface area contributed by atoms with Crippen LogP contribution in [0.2, 0.25) is 0 Å². The lowest BCUT2D eigenvalue weighted by Crippen LogP contribution is -2.16. The van der Waals surface area contributed by atoms with Gasteiger partial charge in [0.15, 0.2) is 0 Å². The molecule has 1 amide bonds. The quantitative estimate of drug-likeness (QED) is 0.555. The summed E-state index contributed by atoms with van der Waals surface area (Å²) in [5.41, 5.74) is 3.63. The Kier molecular flexibility index (Phi) is 4.24. The largest absolute Gasteiger partial charge is 0.306 e. The van der Waals surface area contributed by atoms with E-state index >= 15 is 0 Å². The van der Waals surface area contributed by atoms with E-state index in [0.717, 1.165) is 21.5 Å². The number of amides is 1. The Morgan fingerprint density at radius 3 is 2.70 bits per heavy atom. The summed E-state index contributed by atoms with van der Waals surface area (Å²) in [7, 11) is 0. The number of rotatable bonds is 3. The number of hydrogen-bond acceptors (Lipinski definition) is 4. The molecular formula is C20H17FN4OS. The van der Waals surface area contributed by atoms with E-state index in [-0.39, 0.29) is 11.7 Å². The fourth-order valence-corrected chi connectivity index (χ4v) is 3.93. The molecule has 7 heteroatoms. The molecule has 0 bridgehead atoms. The van der Waals surface area contributed by atoms with E-state index in [2.05, 4.69) is 15.4 Å². The van der Waals surface area contributed by atoms with Crippen molar-refractivity contribution in [3.8, 4) is 5.13 Å². The van der Waals surface area contributed by atoms with Gasteiger partial charge in [-0.2, -0.15) is 9.78 Å². The SMILES string of the molecule is Cc1ccc(C(=O)Nc2cc(C)nn2-c2nc3c(F)cccc3s2)c(C)c1. The van der Waals surface area contributed by atoms with Crippen molar-refractivity contribution < 1.29 is 9.18 Å². The molecule has 0 saturated heterocycles. The third kappa shape index (κ3) is 3.21. The number of para-hydroxylation sites is 1. The molecule has 27 heavy (non-hydrogen) atoms. The average Bonchev–Trinajstić information content (AvgIpc) is 3.19. The van der Waals surface area contributed by atoms with Gasteiger partial charge in [0.2, 0.25) is 5.13 Å². The maximum atomic E-state index is 14.0. The number of benzene rings is 2. The predicted molar refractivity (Wildman–Crippen MR) is 105 cm³/mol. The highest BCUT2D eigenvalue weighted by molar-refractivity contribution is 7.20. The molecule has 5 nitrogen and oxygen atoms in total. The number of carbonyl (C=O) groups excluding carboxylic acids is 1. The second-order valence-corrected chi connectivity index (χ2v) is 7.45. The van der Waals surface area contributed by atoms with Crippen LogP contribution in [-0.2, 0) is 0 Å². The lowest BCUT2D eigenvalue weighted by Gasteiger charge is -2.09. The first-order valence-electron chi connectivity index (χ1n) is 8.43. The van der Waals surface area contributed by atoms with Crippen LogP contribution in [0, 0.1) is 26.6 Å². The fraction of sp³-hybridized carbons (Fsp3) is 0.150. The molecule has 0 saturated carbocycles. The van der Waals surface area contributed by atoms with Crippen LogP contribution in [-0.4, -0.2) is 20.7 Å². The Labute approximate surface area is 159 Å². The third-order valence-electron chi connectivity index (χ3n) is 4.24. The lowest BCUT2D eigenvalue weighted by atomic mass is 10.1. The van der Waals surface area contributed by atoms with Gasteiger partial charge < -0.3 is 5.32 Å². The second-order valence-electron chi connectivity index (χ2n) is 6.44. The van der Waals surface area contributed by atoms with Gasteiger partial charge in [0.1, 0.15) is 17.2 Å². The van der Waals surface area contributed by atoms with Gasteiger partial charge in [-0.15, -0.1) is 0 Å². The van der Waals surface area contributed by atoms with Crippen LogP contribution in [0.5, 0.6) is 0 Å². The van der Waals surface area contributed by atoms with Gasteiger partial charge in [0, 0.05) is 11.6 Å². The first-order valence-corrected chi connectivity index (χ1v) is 9.25. The summed E-state index contributed by atoms with van der Waals surface area (Å²) in [5, 5.41) is 7.82. The van der Waals surface area contributed by atoms with E-state index in [1.807, 2.05) is 39.0 Å². The molecule has 0 aliphatic rings. The number of aromatic nitrogens is 3. The van der Waals surface area contributed by atoms with E-state index in [9.17, 15) is 9.18 Å². The highest BCUT2D eigenvalue weighted by Gasteiger charge is 2.17. The monoisotopic (exact) mass is 380 g/mol. The van der Waals surface area contributed by atoms with Crippen LogP contribution in [0.15, 0.2) is 42.5 Å². The first kappa shape index (κ1) is 17.4. The van der Waals surface area contributed by atoms with Crippen LogP contribution in [0.25, 0.3) is 15.3 Å². The summed E-state index contributed by atoms with van der Waals surface area (Å²) < 4.78 is 16.2. The molecule has 2 aromatic carbocycles. The second kappa shape index (κ2) is 6.59. The van der Waals surface area contributed by atoms with Crippen molar-refractivity contribution >= 4 is 33.3 Å². The predicted octanol–water partition coefficient (Wildman–Crippen LogP) is 4.80. The van der Waals surface area contributed by atoms with Crippen LogP contribution < -0.4 is 5.32 Å². The highest BCUT2D eigenvalue weighted by atomic mass is 32.1. The number of carbonyl (C=O) groups is 1. The Bertz CT molecular complexity index is 1180. The van der Waals surface area contributed by atoms with E-state index in [1.54, 1.807) is 22.9 Å². The molecule has 1 N–H and O–H groups in total. The molecular weight excluding hydrogens is 363 g/mol. The zero-order valence-corrected chi connectivity index (χ0v) is 15.9. The number of anilines is 1. The molecule has 0 aliphatic carbocycles. The summed E-state index contributed by atoms with van der Waals surface area (Å²) >= 11 is 1.32. The summed E-state index contributed by atoms with van der Waals surface area (Å²) in [6.45, 7) is 5.72. The van der Waals surface area contributed by atoms with Crippen molar-refractivity contribution in [3.05, 3.63) is 70.7 Å². The van der Waals surface area contributed by atoms with Gasteiger partial charge in [-0.3, -0.25) is 4.79 Å². The van der Waals surface area contributed by atoms with E-state index < -0.39 is 0 Å². The van der Waals surface area contributed by atoms with Gasteiger partial charge in [0.25, 0.3) is 5.91 Å². The Hall–Kier alpha value is -3.06. The van der Waals surface area contributed by atoms with Crippen LogP contribution in [0.1, 0.15) is 27.2 Å². The number of thiazole rings is 1. The van der Waals surface area contributed by atoms with E-state index in [4.69, 9.17) is 0 Å². The van der Waals surface area contributed by atoms with Crippen LogP contribution in [0.3, 0.4) is 0 Å². The van der Waals surface area contributed by atoms with Gasteiger partial charge in [-0.1, -0.05) is 35.1 Å². The molecule has 2 aromatic heterocycles. The molecule has 0 aliphatic heterocycles. The first-order chi connectivity index (χ1) is 12.9. The van der Waals surface area contributed by atoms with E-state index in [0.29, 0.717) is 22.0 Å². The normalized spacial score (nSPS) is 11.1. The Morgan fingerprint density at radius 1 is 1.15 bits per heavy atom. The molecule has 4 aromatic rings. The summed E-state index contributed by atoms with van der Waals surface area (Å²) in [4.78, 5) is 17.1. The van der Waals surface area contributed by atoms with Gasteiger partial charge in [-0.25, -0.2) is 9.37 Å². The minimum absolute atomic E-state index is 0.221. The van der Waals surface area contributed by atoms with E-state index in [1.165, 1.54) is 17.4 Å². The molecule has 0 spiro atoms. The number of aryl methyl sites for hydroxylation is 3. The van der Waals surface area contributed by atoms with Gasteiger partial charge in [-0.05, 0) is 44.5 Å². The number of fused-ring (bicyclic) bond motifs is 1. The fourth-order valence-electron chi connectivity index (χ4n) is 2.98. The number of nitrogens with one attached hydrogen (secondary N) is 1. The number of halogens is 1. The summed E-state index contributed by atoms with van der Waals surface area (Å²) in [6, 6.07) is 12.3. The van der Waals surface area contributed by atoms with Crippen molar-refractivity contribution in [2.24, 2.45) is 0 Å². The van der Waals surface area contributed by atoms with Gasteiger partial charge in [0.05, 0.1) is 10.4 Å². The highest BCUT2D eigenvalue weighted by Crippen LogP contribution is 2.29. The number of nitrogens with zero attached hydrogens (tertiary/aromatic N) is 3. The zero-order chi connectivity index (χ0) is 19.1. The van der Waals surface area contributed by atoms with Crippen molar-refractivity contribution in [1.29, 1.82) is 0 Å². The molecule has 0 atom stereocenters. The molecule has 136 valence electrons. The molecule has 4 rings (SSSR count). The molecule has 2 heterocycles. The Morgan fingerprint density at radius 2 is 1.96 bits per heavy atom. The van der Waals surface area contributed by atoms with Gasteiger partial charge >= 0.3 is 0 Å². The lowest BCUT2D eigenvalue weighted by molar-refractivity contribution is 0.102. The van der Waals surface area contributed by atoms with Crippen LogP contribution in [0.4, 0.5) is 10.2 Å². The smallest absolute Gasteiger partial charge is 0.257 e. The van der Waals surface area contributed by atoms with Crippen molar-refractivity contribution in [3.63, 3.8) is 0 Å². The maximum Gasteiger partial charge on any atom is 0.257 e. The topological polar surface area (TPSA) is 59.8 Å².